The van der Waals surface area contributed by atoms with Crippen molar-refractivity contribution < 1.29 is 0 Å². The molecule has 0 atom stereocenters. The summed E-state index contributed by atoms with van der Waals surface area (Å²) in [7, 11) is 0. The van der Waals surface area contributed by atoms with Gasteiger partial charge < -0.3 is 10.2 Å². The topological polar surface area (TPSA) is 56.4 Å². The summed E-state index contributed by atoms with van der Waals surface area (Å²) in [5.41, 5.74) is 6.71. The second kappa shape index (κ2) is 9.84. The number of anilines is 1. The molecule has 2 aromatic carbocycles. The average molecular weight is 426 g/mol. The molecule has 0 saturated carbocycles. The molecule has 0 amide bonds. The van der Waals surface area contributed by atoms with E-state index in [-0.39, 0.29) is 0 Å². The molecule has 2 heterocycles. The number of imidazole rings is 1. The van der Waals surface area contributed by atoms with Crippen LogP contribution in [0.15, 0.2) is 54.6 Å². The molecule has 2 aromatic heterocycles. The molecule has 0 saturated heterocycles. The second-order valence-corrected chi connectivity index (χ2v) is 8.17. The van der Waals surface area contributed by atoms with Gasteiger partial charge in [0.1, 0.15) is 11.9 Å². The SMILES string of the molecule is CCN(CC)CCCNc1c(Cc2ccccc2)c(C)c(C#N)c2nc3ccccc3n12. The van der Waals surface area contributed by atoms with Crippen LogP contribution < -0.4 is 5.32 Å². The molecule has 5 heteroatoms. The maximum Gasteiger partial charge on any atom is 0.157 e. The Bertz CT molecular complexity index is 1250. The van der Waals surface area contributed by atoms with Crippen molar-refractivity contribution in [1.82, 2.24) is 14.3 Å². The van der Waals surface area contributed by atoms with Crippen molar-refractivity contribution in [3.8, 4) is 6.07 Å². The van der Waals surface area contributed by atoms with E-state index in [9.17, 15) is 5.26 Å². The van der Waals surface area contributed by atoms with Gasteiger partial charge in [-0.2, -0.15) is 5.26 Å². The lowest BCUT2D eigenvalue weighted by molar-refractivity contribution is 0.303. The molecule has 4 rings (SSSR count). The summed E-state index contributed by atoms with van der Waals surface area (Å²) in [6, 6.07) is 21.0. The van der Waals surface area contributed by atoms with Gasteiger partial charge in [0.15, 0.2) is 5.65 Å². The van der Waals surface area contributed by atoms with E-state index in [4.69, 9.17) is 4.98 Å². The van der Waals surface area contributed by atoms with E-state index < -0.39 is 0 Å². The number of hydrogen-bond acceptors (Lipinski definition) is 4. The Labute approximate surface area is 190 Å². The van der Waals surface area contributed by atoms with E-state index >= 15 is 0 Å². The molecule has 1 N–H and O–H groups in total. The Balaban J connectivity index is 1.83. The number of rotatable bonds is 9. The molecular formula is C27H31N5. The van der Waals surface area contributed by atoms with Crippen LogP contribution in [0.4, 0.5) is 5.82 Å². The summed E-state index contributed by atoms with van der Waals surface area (Å²) in [5.74, 6) is 1.05. The minimum absolute atomic E-state index is 0.654. The highest BCUT2D eigenvalue weighted by Gasteiger charge is 2.20. The Morgan fingerprint density at radius 2 is 1.75 bits per heavy atom. The maximum atomic E-state index is 10.0. The van der Waals surface area contributed by atoms with Crippen molar-refractivity contribution in [2.75, 3.05) is 31.5 Å². The number of hydrogen-bond donors (Lipinski definition) is 1. The third kappa shape index (κ3) is 4.19. The Morgan fingerprint density at radius 3 is 2.47 bits per heavy atom. The predicted octanol–water partition coefficient (Wildman–Crippen LogP) is 5.40. The van der Waals surface area contributed by atoms with Gasteiger partial charge in [-0.05, 0) is 56.2 Å². The number of fused-ring (bicyclic) bond motifs is 3. The molecular weight excluding hydrogens is 394 g/mol. The molecule has 0 bridgehead atoms. The van der Waals surface area contributed by atoms with Crippen molar-refractivity contribution >= 4 is 22.5 Å². The second-order valence-electron chi connectivity index (χ2n) is 8.17. The van der Waals surface area contributed by atoms with Crippen molar-refractivity contribution in [3.05, 3.63) is 76.9 Å². The summed E-state index contributed by atoms with van der Waals surface area (Å²) >= 11 is 0. The van der Waals surface area contributed by atoms with Crippen LogP contribution in [0.25, 0.3) is 16.7 Å². The minimum atomic E-state index is 0.654. The van der Waals surface area contributed by atoms with Crippen LogP contribution in [-0.4, -0.2) is 40.5 Å². The number of nitrogens with one attached hydrogen (secondary N) is 1. The summed E-state index contributed by atoms with van der Waals surface area (Å²) in [6.45, 7) is 10.5. The number of pyridine rings is 1. The highest BCUT2D eigenvalue weighted by Crippen LogP contribution is 2.32. The van der Waals surface area contributed by atoms with E-state index in [0.29, 0.717) is 5.56 Å². The van der Waals surface area contributed by atoms with Gasteiger partial charge >= 0.3 is 0 Å². The molecule has 32 heavy (non-hydrogen) atoms. The minimum Gasteiger partial charge on any atom is -0.371 e. The first-order valence-corrected chi connectivity index (χ1v) is 11.5. The lowest BCUT2D eigenvalue weighted by atomic mass is 9.97. The van der Waals surface area contributed by atoms with Crippen LogP contribution in [0.1, 0.15) is 42.5 Å². The molecule has 0 fully saturated rings. The van der Waals surface area contributed by atoms with E-state index in [1.165, 1.54) is 5.56 Å². The molecule has 4 aromatic rings. The summed E-state index contributed by atoms with van der Waals surface area (Å²) in [4.78, 5) is 7.27. The van der Waals surface area contributed by atoms with E-state index in [2.05, 4.69) is 71.8 Å². The lowest BCUT2D eigenvalue weighted by Gasteiger charge is -2.21. The molecule has 0 aliphatic carbocycles. The fourth-order valence-corrected chi connectivity index (χ4v) is 4.44. The molecule has 164 valence electrons. The van der Waals surface area contributed by atoms with Gasteiger partial charge in [-0.1, -0.05) is 56.3 Å². The first kappa shape index (κ1) is 21.9. The highest BCUT2D eigenvalue weighted by molar-refractivity contribution is 5.86. The largest absolute Gasteiger partial charge is 0.371 e. The first-order valence-electron chi connectivity index (χ1n) is 11.5. The first-order chi connectivity index (χ1) is 15.7. The third-order valence-electron chi connectivity index (χ3n) is 6.30. The van der Waals surface area contributed by atoms with Crippen LogP contribution >= 0.6 is 0 Å². The van der Waals surface area contributed by atoms with Gasteiger partial charge in [0, 0.05) is 18.5 Å². The number of para-hydroxylation sites is 2. The van der Waals surface area contributed by atoms with Gasteiger partial charge in [-0.25, -0.2) is 4.98 Å². The molecule has 0 unspecified atom stereocenters. The third-order valence-corrected chi connectivity index (χ3v) is 6.30. The van der Waals surface area contributed by atoms with Crippen LogP contribution in [0.2, 0.25) is 0 Å². The lowest BCUT2D eigenvalue weighted by Crippen LogP contribution is -2.25. The number of nitriles is 1. The van der Waals surface area contributed by atoms with Crippen molar-refractivity contribution in [1.29, 1.82) is 5.26 Å². The monoisotopic (exact) mass is 425 g/mol. The summed E-state index contributed by atoms with van der Waals surface area (Å²) in [6.07, 6.45) is 1.82. The molecule has 0 radical (unpaired) electrons. The van der Waals surface area contributed by atoms with E-state index in [1.807, 2.05) is 24.3 Å². The number of nitrogens with zero attached hydrogens (tertiary/aromatic N) is 4. The average Bonchev–Trinajstić information content (AvgIpc) is 3.21. The van der Waals surface area contributed by atoms with Crippen molar-refractivity contribution in [2.24, 2.45) is 0 Å². The van der Waals surface area contributed by atoms with Gasteiger partial charge in [0.25, 0.3) is 0 Å². The van der Waals surface area contributed by atoms with Crippen LogP contribution in [0, 0.1) is 18.3 Å². The molecule has 0 aliphatic rings. The highest BCUT2D eigenvalue weighted by atomic mass is 15.1. The van der Waals surface area contributed by atoms with Crippen LogP contribution in [-0.2, 0) is 6.42 Å². The zero-order valence-electron chi connectivity index (χ0n) is 19.2. The maximum absolute atomic E-state index is 10.0. The van der Waals surface area contributed by atoms with Crippen LogP contribution in [0.5, 0.6) is 0 Å². The molecule has 0 aliphatic heterocycles. The number of aromatic nitrogens is 2. The summed E-state index contributed by atoms with van der Waals surface area (Å²) in [5, 5.41) is 13.8. The predicted molar refractivity (Wildman–Crippen MR) is 132 cm³/mol. The summed E-state index contributed by atoms with van der Waals surface area (Å²) < 4.78 is 2.15. The quantitative estimate of drug-likeness (QED) is 0.365. The number of benzene rings is 2. The smallest absolute Gasteiger partial charge is 0.157 e. The van der Waals surface area contributed by atoms with E-state index in [0.717, 1.165) is 72.6 Å². The molecule has 5 nitrogen and oxygen atoms in total. The van der Waals surface area contributed by atoms with Gasteiger partial charge in [0.05, 0.1) is 16.6 Å². The van der Waals surface area contributed by atoms with Gasteiger partial charge in [0.2, 0.25) is 0 Å². The van der Waals surface area contributed by atoms with Gasteiger partial charge in [-0.3, -0.25) is 4.40 Å². The normalized spacial score (nSPS) is 11.3. The van der Waals surface area contributed by atoms with Crippen molar-refractivity contribution in [2.45, 2.75) is 33.6 Å². The zero-order chi connectivity index (χ0) is 22.5. The standard InChI is InChI=1S/C27H31N5/c1-4-31(5-2)17-11-16-29-26-22(18-21-12-7-6-8-13-21)20(3)23(19-28)27-30-24-14-9-10-15-25(24)32(26)27/h6-10,12-15,29H,4-5,11,16-18H2,1-3H3. The zero-order valence-corrected chi connectivity index (χ0v) is 19.2. The fraction of sp³-hybridized carbons (Fsp3) is 0.333. The Kier molecular flexibility index (Phi) is 6.72. The van der Waals surface area contributed by atoms with E-state index in [1.54, 1.807) is 0 Å². The Morgan fingerprint density at radius 1 is 1.03 bits per heavy atom. The van der Waals surface area contributed by atoms with Crippen LogP contribution in [0.3, 0.4) is 0 Å². The van der Waals surface area contributed by atoms with Gasteiger partial charge in [-0.15, -0.1) is 0 Å². The van der Waals surface area contributed by atoms with Crippen molar-refractivity contribution in [3.63, 3.8) is 0 Å². The molecule has 0 spiro atoms. The Hall–Kier alpha value is -3.36. The fourth-order valence-electron chi connectivity index (χ4n) is 4.44.